The molecule has 4 heteroatoms. The fourth-order valence-electron chi connectivity index (χ4n) is 1.97. The lowest BCUT2D eigenvalue weighted by Crippen LogP contribution is -2.12. The Labute approximate surface area is 111 Å². The SMILES string of the molecule is CC(C)(C)c1ccc(-c2nc3ccncc3[nH]2)cn1. The second-order valence-corrected chi connectivity index (χ2v) is 5.66. The van der Waals surface area contributed by atoms with Crippen LogP contribution in [0.25, 0.3) is 22.4 Å². The van der Waals surface area contributed by atoms with Gasteiger partial charge in [-0.3, -0.25) is 9.97 Å². The Morgan fingerprint density at radius 1 is 1.05 bits per heavy atom. The second kappa shape index (κ2) is 4.16. The predicted molar refractivity (Wildman–Crippen MR) is 75.8 cm³/mol. The summed E-state index contributed by atoms with van der Waals surface area (Å²) in [7, 11) is 0. The normalized spacial score (nSPS) is 11.9. The number of H-pyrrole nitrogens is 1. The molecule has 1 N–H and O–H groups in total. The summed E-state index contributed by atoms with van der Waals surface area (Å²) in [5.74, 6) is 0.830. The lowest BCUT2D eigenvalue weighted by molar-refractivity contribution is 0.569. The van der Waals surface area contributed by atoms with Gasteiger partial charge in [0.2, 0.25) is 0 Å². The molecule has 96 valence electrons. The lowest BCUT2D eigenvalue weighted by atomic mass is 9.91. The van der Waals surface area contributed by atoms with E-state index in [0.717, 1.165) is 28.1 Å². The molecule has 0 fully saturated rings. The van der Waals surface area contributed by atoms with Gasteiger partial charge in [0.05, 0.1) is 17.2 Å². The summed E-state index contributed by atoms with van der Waals surface area (Å²) >= 11 is 0. The van der Waals surface area contributed by atoms with Crippen molar-refractivity contribution in [3.8, 4) is 11.4 Å². The van der Waals surface area contributed by atoms with Crippen molar-refractivity contribution in [2.24, 2.45) is 0 Å². The molecule has 0 saturated heterocycles. The van der Waals surface area contributed by atoms with Gasteiger partial charge < -0.3 is 4.98 Å². The monoisotopic (exact) mass is 252 g/mol. The van der Waals surface area contributed by atoms with Crippen molar-refractivity contribution >= 4 is 11.0 Å². The maximum atomic E-state index is 4.54. The van der Waals surface area contributed by atoms with E-state index < -0.39 is 0 Å². The third-order valence-electron chi connectivity index (χ3n) is 3.09. The van der Waals surface area contributed by atoms with Crippen LogP contribution >= 0.6 is 0 Å². The van der Waals surface area contributed by atoms with Crippen LogP contribution in [0.1, 0.15) is 26.5 Å². The number of hydrogen-bond acceptors (Lipinski definition) is 3. The molecule has 19 heavy (non-hydrogen) atoms. The summed E-state index contributed by atoms with van der Waals surface area (Å²) in [5, 5.41) is 0. The number of aromatic nitrogens is 4. The number of rotatable bonds is 1. The molecule has 0 spiro atoms. The minimum absolute atomic E-state index is 0.0658. The third kappa shape index (κ3) is 2.21. The minimum atomic E-state index is 0.0658. The Morgan fingerprint density at radius 3 is 2.53 bits per heavy atom. The highest BCUT2D eigenvalue weighted by molar-refractivity contribution is 5.78. The van der Waals surface area contributed by atoms with Gasteiger partial charge in [0.1, 0.15) is 5.82 Å². The summed E-state index contributed by atoms with van der Waals surface area (Å²) in [6.45, 7) is 6.46. The molecule has 0 radical (unpaired) electrons. The molecule has 3 aromatic heterocycles. The van der Waals surface area contributed by atoms with Crippen LogP contribution in [0.3, 0.4) is 0 Å². The fraction of sp³-hybridized carbons (Fsp3) is 0.267. The average Bonchev–Trinajstić information content (AvgIpc) is 2.81. The Balaban J connectivity index is 2.02. The number of nitrogens with zero attached hydrogens (tertiary/aromatic N) is 3. The highest BCUT2D eigenvalue weighted by atomic mass is 14.9. The summed E-state index contributed by atoms with van der Waals surface area (Å²) in [6.07, 6.45) is 5.39. The van der Waals surface area contributed by atoms with Gasteiger partial charge in [-0.25, -0.2) is 4.98 Å². The molecule has 4 nitrogen and oxygen atoms in total. The maximum absolute atomic E-state index is 4.54. The Kier molecular flexibility index (Phi) is 2.59. The zero-order valence-electron chi connectivity index (χ0n) is 11.3. The van der Waals surface area contributed by atoms with E-state index >= 15 is 0 Å². The smallest absolute Gasteiger partial charge is 0.140 e. The van der Waals surface area contributed by atoms with Crippen LogP contribution in [0.15, 0.2) is 36.8 Å². The summed E-state index contributed by atoms with van der Waals surface area (Å²) in [6, 6.07) is 6.01. The van der Waals surface area contributed by atoms with E-state index in [4.69, 9.17) is 0 Å². The number of pyridine rings is 2. The quantitative estimate of drug-likeness (QED) is 0.722. The average molecular weight is 252 g/mol. The Hall–Kier alpha value is -2.23. The molecule has 0 unspecified atom stereocenters. The maximum Gasteiger partial charge on any atom is 0.140 e. The molecule has 0 aromatic carbocycles. The number of imidazole rings is 1. The van der Waals surface area contributed by atoms with Crippen molar-refractivity contribution < 1.29 is 0 Å². The zero-order valence-corrected chi connectivity index (χ0v) is 11.3. The van der Waals surface area contributed by atoms with Crippen molar-refractivity contribution in [1.29, 1.82) is 0 Å². The van der Waals surface area contributed by atoms with Crippen LogP contribution in [-0.2, 0) is 5.41 Å². The molecular formula is C15H16N4. The molecule has 3 rings (SSSR count). The molecule has 0 aliphatic rings. The van der Waals surface area contributed by atoms with Crippen LogP contribution in [0.2, 0.25) is 0 Å². The number of fused-ring (bicyclic) bond motifs is 1. The lowest BCUT2D eigenvalue weighted by Gasteiger charge is -2.17. The third-order valence-corrected chi connectivity index (χ3v) is 3.09. The van der Waals surface area contributed by atoms with E-state index in [1.54, 1.807) is 12.4 Å². The summed E-state index contributed by atoms with van der Waals surface area (Å²) in [4.78, 5) is 16.4. The number of hydrogen-bond donors (Lipinski definition) is 1. The second-order valence-electron chi connectivity index (χ2n) is 5.66. The topological polar surface area (TPSA) is 54.5 Å². The van der Waals surface area contributed by atoms with E-state index in [1.807, 2.05) is 12.3 Å². The molecule has 0 saturated carbocycles. The molecule has 0 amide bonds. The number of nitrogens with one attached hydrogen (secondary N) is 1. The van der Waals surface area contributed by atoms with Crippen LogP contribution in [0, 0.1) is 0 Å². The van der Waals surface area contributed by atoms with Crippen molar-refractivity contribution in [2.75, 3.05) is 0 Å². The van der Waals surface area contributed by atoms with Crippen LogP contribution in [-0.4, -0.2) is 19.9 Å². The zero-order chi connectivity index (χ0) is 13.5. The molecule has 0 aliphatic carbocycles. The van der Waals surface area contributed by atoms with E-state index in [-0.39, 0.29) is 5.41 Å². The fourth-order valence-corrected chi connectivity index (χ4v) is 1.97. The highest BCUT2D eigenvalue weighted by Gasteiger charge is 2.15. The van der Waals surface area contributed by atoms with E-state index in [1.165, 1.54) is 0 Å². The standard InChI is InChI=1S/C15H16N4/c1-15(2,3)13-5-4-10(8-17-13)14-18-11-6-7-16-9-12(11)19-14/h4-9H,1-3H3,(H,18,19). The molecule has 0 aliphatic heterocycles. The molecule has 3 aromatic rings. The Morgan fingerprint density at radius 2 is 1.89 bits per heavy atom. The Bertz CT molecular complexity index is 672. The first-order valence-electron chi connectivity index (χ1n) is 6.31. The van der Waals surface area contributed by atoms with Gasteiger partial charge in [0.15, 0.2) is 0 Å². The van der Waals surface area contributed by atoms with Gasteiger partial charge in [-0.05, 0) is 18.2 Å². The van der Waals surface area contributed by atoms with Gasteiger partial charge >= 0.3 is 0 Å². The van der Waals surface area contributed by atoms with Crippen LogP contribution in [0.4, 0.5) is 0 Å². The van der Waals surface area contributed by atoms with Crippen molar-refractivity contribution in [1.82, 2.24) is 19.9 Å². The molecule has 0 atom stereocenters. The summed E-state index contributed by atoms with van der Waals surface area (Å²) in [5.41, 5.74) is 4.00. The van der Waals surface area contributed by atoms with Crippen molar-refractivity contribution in [3.63, 3.8) is 0 Å². The number of aromatic amines is 1. The first-order valence-corrected chi connectivity index (χ1v) is 6.31. The highest BCUT2D eigenvalue weighted by Crippen LogP contribution is 2.23. The van der Waals surface area contributed by atoms with Gasteiger partial charge in [-0.15, -0.1) is 0 Å². The molecule has 3 heterocycles. The first-order chi connectivity index (χ1) is 9.04. The van der Waals surface area contributed by atoms with Gasteiger partial charge in [0.25, 0.3) is 0 Å². The minimum Gasteiger partial charge on any atom is -0.337 e. The largest absolute Gasteiger partial charge is 0.337 e. The summed E-state index contributed by atoms with van der Waals surface area (Å²) < 4.78 is 0. The van der Waals surface area contributed by atoms with E-state index in [2.05, 4.69) is 52.8 Å². The van der Waals surface area contributed by atoms with Gasteiger partial charge in [-0.2, -0.15) is 0 Å². The molecule has 0 bridgehead atoms. The van der Waals surface area contributed by atoms with Crippen molar-refractivity contribution in [3.05, 3.63) is 42.5 Å². The van der Waals surface area contributed by atoms with Gasteiger partial charge in [-0.1, -0.05) is 20.8 Å². The predicted octanol–water partition coefficient (Wildman–Crippen LogP) is 3.32. The van der Waals surface area contributed by atoms with Crippen molar-refractivity contribution in [2.45, 2.75) is 26.2 Å². The first kappa shape index (κ1) is 11.8. The molecular weight excluding hydrogens is 236 g/mol. The van der Waals surface area contributed by atoms with E-state index in [0.29, 0.717) is 0 Å². The van der Waals surface area contributed by atoms with E-state index in [9.17, 15) is 0 Å². The van der Waals surface area contributed by atoms with Gasteiger partial charge in [0, 0.05) is 29.1 Å². The van der Waals surface area contributed by atoms with Crippen LogP contribution < -0.4 is 0 Å². The van der Waals surface area contributed by atoms with Crippen LogP contribution in [0.5, 0.6) is 0 Å².